The van der Waals surface area contributed by atoms with E-state index in [4.69, 9.17) is 9.84 Å². The van der Waals surface area contributed by atoms with Gasteiger partial charge in [-0.3, -0.25) is 9.59 Å². The van der Waals surface area contributed by atoms with E-state index >= 15 is 0 Å². The second-order valence-electron chi connectivity index (χ2n) is 6.87. The molecule has 5 nitrogen and oxygen atoms in total. The highest BCUT2D eigenvalue weighted by Crippen LogP contribution is 2.30. The van der Waals surface area contributed by atoms with Gasteiger partial charge < -0.3 is 15.2 Å². The zero-order valence-corrected chi connectivity index (χ0v) is 14.6. The molecule has 1 aromatic rings. The monoisotopic (exact) mass is 333 g/mol. The van der Waals surface area contributed by atoms with Gasteiger partial charge in [0.25, 0.3) is 0 Å². The summed E-state index contributed by atoms with van der Waals surface area (Å²) in [6.45, 7) is 5.88. The van der Waals surface area contributed by atoms with Gasteiger partial charge in [0.2, 0.25) is 5.91 Å². The largest absolute Gasteiger partial charge is 0.491 e. The maximum atomic E-state index is 12.5. The SMILES string of the molecule is CC(C)Oc1cccc(C(C)NC(=O)C2CCCC(C(=O)O)C2)c1. The van der Waals surface area contributed by atoms with Gasteiger partial charge in [0.05, 0.1) is 18.1 Å². The van der Waals surface area contributed by atoms with Crippen molar-refractivity contribution in [3.05, 3.63) is 29.8 Å². The smallest absolute Gasteiger partial charge is 0.306 e. The van der Waals surface area contributed by atoms with E-state index in [0.717, 1.165) is 24.2 Å². The van der Waals surface area contributed by atoms with Crippen LogP contribution in [0.15, 0.2) is 24.3 Å². The Morgan fingerprint density at radius 1 is 1.21 bits per heavy atom. The van der Waals surface area contributed by atoms with Gasteiger partial charge in [-0.15, -0.1) is 0 Å². The van der Waals surface area contributed by atoms with Crippen LogP contribution in [0.25, 0.3) is 0 Å². The van der Waals surface area contributed by atoms with Gasteiger partial charge in [-0.05, 0) is 57.7 Å². The molecule has 3 atom stereocenters. The third-order valence-electron chi connectivity index (χ3n) is 4.48. The number of ether oxygens (including phenoxy) is 1. The van der Waals surface area contributed by atoms with Crippen LogP contribution in [-0.2, 0) is 9.59 Å². The van der Waals surface area contributed by atoms with E-state index in [-0.39, 0.29) is 24.0 Å². The molecule has 1 saturated carbocycles. The molecular weight excluding hydrogens is 306 g/mol. The highest BCUT2D eigenvalue weighted by Gasteiger charge is 2.31. The van der Waals surface area contributed by atoms with Crippen LogP contribution in [0.3, 0.4) is 0 Å². The van der Waals surface area contributed by atoms with E-state index in [1.807, 2.05) is 45.0 Å². The number of rotatable bonds is 6. The molecule has 0 aliphatic heterocycles. The Hall–Kier alpha value is -2.04. The van der Waals surface area contributed by atoms with Crippen LogP contribution in [0.5, 0.6) is 5.75 Å². The fourth-order valence-electron chi connectivity index (χ4n) is 3.20. The molecule has 132 valence electrons. The Bertz CT molecular complexity index is 584. The van der Waals surface area contributed by atoms with Crippen molar-refractivity contribution in [1.29, 1.82) is 0 Å². The molecule has 0 radical (unpaired) electrons. The summed E-state index contributed by atoms with van der Waals surface area (Å²) in [5.74, 6) is -0.667. The molecule has 1 amide bonds. The van der Waals surface area contributed by atoms with Gasteiger partial charge in [0.15, 0.2) is 0 Å². The molecule has 24 heavy (non-hydrogen) atoms. The van der Waals surface area contributed by atoms with Crippen molar-refractivity contribution < 1.29 is 19.4 Å². The lowest BCUT2D eigenvalue weighted by Gasteiger charge is -2.27. The van der Waals surface area contributed by atoms with Crippen molar-refractivity contribution in [2.75, 3.05) is 0 Å². The van der Waals surface area contributed by atoms with Crippen molar-refractivity contribution in [2.24, 2.45) is 11.8 Å². The molecule has 1 fully saturated rings. The van der Waals surface area contributed by atoms with E-state index in [1.54, 1.807) is 0 Å². The van der Waals surface area contributed by atoms with Gasteiger partial charge in [-0.1, -0.05) is 18.6 Å². The number of hydrogen-bond donors (Lipinski definition) is 2. The maximum absolute atomic E-state index is 12.5. The normalized spacial score (nSPS) is 22.0. The molecule has 1 aromatic carbocycles. The number of amides is 1. The lowest BCUT2D eigenvalue weighted by atomic mass is 9.81. The number of carboxylic acid groups (broad SMARTS) is 1. The highest BCUT2D eigenvalue weighted by molar-refractivity contribution is 5.80. The second kappa shape index (κ2) is 8.18. The Kier molecular flexibility index (Phi) is 6.23. The summed E-state index contributed by atoms with van der Waals surface area (Å²) < 4.78 is 5.69. The molecular formula is C19H27NO4. The first kappa shape index (κ1) is 18.3. The number of carbonyl (C=O) groups is 2. The molecule has 0 heterocycles. The fourth-order valence-corrected chi connectivity index (χ4v) is 3.20. The van der Waals surface area contributed by atoms with Crippen LogP contribution in [0.1, 0.15) is 58.1 Å². The molecule has 0 bridgehead atoms. The average molecular weight is 333 g/mol. The van der Waals surface area contributed by atoms with Gasteiger partial charge in [-0.2, -0.15) is 0 Å². The lowest BCUT2D eigenvalue weighted by molar-refractivity contribution is -0.144. The molecule has 2 N–H and O–H groups in total. The average Bonchev–Trinajstić information content (AvgIpc) is 2.54. The quantitative estimate of drug-likeness (QED) is 0.835. The first-order valence-corrected chi connectivity index (χ1v) is 8.66. The van der Waals surface area contributed by atoms with E-state index in [2.05, 4.69) is 5.32 Å². The standard InChI is InChI=1S/C19H27NO4/c1-12(2)24-17-9-5-6-14(11-17)13(3)20-18(21)15-7-4-8-16(10-15)19(22)23/h5-6,9,11-13,15-16H,4,7-8,10H2,1-3H3,(H,20,21)(H,22,23). The van der Waals surface area contributed by atoms with Gasteiger partial charge >= 0.3 is 5.97 Å². The number of benzene rings is 1. The molecule has 5 heteroatoms. The second-order valence-corrected chi connectivity index (χ2v) is 6.87. The predicted octanol–water partition coefficient (Wildman–Crippen LogP) is 3.54. The summed E-state index contributed by atoms with van der Waals surface area (Å²) >= 11 is 0. The molecule has 0 aromatic heterocycles. The maximum Gasteiger partial charge on any atom is 0.306 e. The van der Waals surface area contributed by atoms with Crippen molar-refractivity contribution in [3.63, 3.8) is 0 Å². The van der Waals surface area contributed by atoms with Crippen molar-refractivity contribution in [1.82, 2.24) is 5.32 Å². The van der Waals surface area contributed by atoms with E-state index < -0.39 is 11.9 Å². The first-order valence-electron chi connectivity index (χ1n) is 8.66. The third kappa shape index (κ3) is 4.98. The Balaban J connectivity index is 1.97. The number of aliphatic carboxylic acids is 1. The van der Waals surface area contributed by atoms with Crippen LogP contribution >= 0.6 is 0 Å². The first-order chi connectivity index (χ1) is 11.4. The minimum atomic E-state index is -0.793. The van der Waals surface area contributed by atoms with Gasteiger partial charge in [-0.25, -0.2) is 0 Å². The molecule has 2 rings (SSSR count). The summed E-state index contributed by atoms with van der Waals surface area (Å²) in [6, 6.07) is 7.57. The molecule has 1 aliphatic rings. The van der Waals surface area contributed by atoms with Crippen LogP contribution in [0, 0.1) is 11.8 Å². The van der Waals surface area contributed by atoms with Crippen molar-refractivity contribution >= 4 is 11.9 Å². The number of hydrogen-bond acceptors (Lipinski definition) is 3. The van der Waals surface area contributed by atoms with Crippen molar-refractivity contribution in [2.45, 2.75) is 58.6 Å². The zero-order valence-electron chi connectivity index (χ0n) is 14.6. The van der Waals surface area contributed by atoms with Gasteiger partial charge in [0, 0.05) is 5.92 Å². The Morgan fingerprint density at radius 3 is 2.58 bits per heavy atom. The van der Waals surface area contributed by atoms with Crippen LogP contribution in [0.4, 0.5) is 0 Å². The number of carboxylic acids is 1. The van der Waals surface area contributed by atoms with Crippen LogP contribution in [0.2, 0.25) is 0 Å². The Labute approximate surface area is 143 Å². The third-order valence-corrected chi connectivity index (χ3v) is 4.48. The van der Waals surface area contributed by atoms with Crippen molar-refractivity contribution in [3.8, 4) is 5.75 Å². The van der Waals surface area contributed by atoms with Crippen LogP contribution < -0.4 is 10.1 Å². The predicted molar refractivity (Wildman–Crippen MR) is 91.8 cm³/mol. The molecule has 3 unspecified atom stereocenters. The van der Waals surface area contributed by atoms with Gasteiger partial charge in [0.1, 0.15) is 5.75 Å². The molecule has 0 saturated heterocycles. The summed E-state index contributed by atoms with van der Waals surface area (Å²) in [5.41, 5.74) is 0.979. The minimum absolute atomic E-state index is 0.0522. The topological polar surface area (TPSA) is 75.6 Å². The molecule has 1 aliphatic carbocycles. The number of nitrogens with one attached hydrogen (secondary N) is 1. The minimum Gasteiger partial charge on any atom is -0.491 e. The van der Waals surface area contributed by atoms with E-state index in [0.29, 0.717) is 12.8 Å². The molecule has 0 spiro atoms. The summed E-state index contributed by atoms with van der Waals surface area (Å²) in [6.07, 6.45) is 2.76. The summed E-state index contributed by atoms with van der Waals surface area (Å²) in [5, 5.41) is 12.2. The van der Waals surface area contributed by atoms with Crippen LogP contribution in [-0.4, -0.2) is 23.1 Å². The summed E-state index contributed by atoms with van der Waals surface area (Å²) in [7, 11) is 0. The highest BCUT2D eigenvalue weighted by atomic mass is 16.5. The van der Waals surface area contributed by atoms with E-state index in [1.165, 1.54) is 0 Å². The zero-order chi connectivity index (χ0) is 17.7. The van der Waals surface area contributed by atoms with E-state index in [9.17, 15) is 9.59 Å². The summed E-state index contributed by atoms with van der Waals surface area (Å²) in [4.78, 5) is 23.6. The lowest BCUT2D eigenvalue weighted by Crippen LogP contribution is -2.36. The fraction of sp³-hybridized carbons (Fsp3) is 0.579. The number of carbonyl (C=O) groups excluding carboxylic acids is 1. The Morgan fingerprint density at radius 2 is 1.92 bits per heavy atom.